The van der Waals surface area contributed by atoms with Gasteiger partial charge in [0.1, 0.15) is 6.10 Å². The lowest BCUT2D eigenvalue weighted by Crippen LogP contribution is -2.24. The van der Waals surface area contributed by atoms with Gasteiger partial charge in [-0.05, 0) is 6.92 Å². The number of rotatable bonds is 5. The number of hydrogen-bond acceptors (Lipinski definition) is 6. The van der Waals surface area contributed by atoms with Crippen LogP contribution in [0.3, 0.4) is 0 Å². The third kappa shape index (κ3) is 3.01. The maximum absolute atomic E-state index is 10.6. The molecule has 2 rings (SSSR count). The standard InChI is InChI=1S/C10H15N3O4S/c1-2-13-9(7-5-16-3-4-17-7)11-12-10(13)18-6-8(14)15/h7H,2-6H2,1H3,(H,14,15). The van der Waals surface area contributed by atoms with Crippen molar-refractivity contribution in [2.45, 2.75) is 24.7 Å². The molecule has 1 aromatic heterocycles. The number of nitrogens with zero attached hydrogens (tertiary/aromatic N) is 3. The third-order valence-electron chi connectivity index (χ3n) is 2.49. The van der Waals surface area contributed by atoms with Crippen LogP contribution in [0.15, 0.2) is 5.16 Å². The van der Waals surface area contributed by atoms with Crippen LogP contribution in [0.5, 0.6) is 0 Å². The van der Waals surface area contributed by atoms with Crippen molar-refractivity contribution < 1.29 is 19.4 Å². The fourth-order valence-corrected chi connectivity index (χ4v) is 2.43. The number of hydrogen-bond donors (Lipinski definition) is 1. The number of carboxylic acids is 1. The molecular weight excluding hydrogens is 258 g/mol. The van der Waals surface area contributed by atoms with E-state index in [9.17, 15) is 4.79 Å². The van der Waals surface area contributed by atoms with Gasteiger partial charge in [0.05, 0.1) is 25.6 Å². The van der Waals surface area contributed by atoms with E-state index >= 15 is 0 Å². The lowest BCUT2D eigenvalue weighted by molar-refractivity contribution is -0.133. The zero-order valence-electron chi connectivity index (χ0n) is 10.0. The summed E-state index contributed by atoms with van der Waals surface area (Å²) < 4.78 is 12.8. The van der Waals surface area contributed by atoms with Crippen LogP contribution in [0.25, 0.3) is 0 Å². The van der Waals surface area contributed by atoms with Crippen LogP contribution in [0.4, 0.5) is 0 Å². The van der Waals surface area contributed by atoms with Crippen LogP contribution >= 0.6 is 11.8 Å². The molecule has 1 saturated heterocycles. The molecular formula is C10H15N3O4S. The largest absolute Gasteiger partial charge is 0.481 e. The lowest BCUT2D eigenvalue weighted by atomic mass is 10.3. The molecule has 0 saturated carbocycles. The highest BCUT2D eigenvalue weighted by Crippen LogP contribution is 2.24. The number of aromatic nitrogens is 3. The molecule has 7 nitrogen and oxygen atoms in total. The SMILES string of the molecule is CCn1c(SCC(=O)O)nnc1C1COCCO1. The summed E-state index contributed by atoms with van der Waals surface area (Å²) >= 11 is 1.16. The molecule has 0 bridgehead atoms. The van der Waals surface area contributed by atoms with Gasteiger partial charge in [0.2, 0.25) is 0 Å². The Hall–Kier alpha value is -1.12. The first kappa shape index (κ1) is 13.3. The molecule has 1 aliphatic rings. The predicted octanol–water partition coefficient (Wildman–Crippen LogP) is 0.563. The summed E-state index contributed by atoms with van der Waals surface area (Å²) in [5.41, 5.74) is 0. The molecule has 1 aliphatic heterocycles. The van der Waals surface area contributed by atoms with E-state index in [2.05, 4.69) is 10.2 Å². The Morgan fingerprint density at radius 3 is 3.00 bits per heavy atom. The van der Waals surface area contributed by atoms with E-state index in [1.165, 1.54) is 0 Å². The topological polar surface area (TPSA) is 86.5 Å². The summed E-state index contributed by atoms with van der Waals surface area (Å²) in [7, 11) is 0. The average Bonchev–Trinajstić information content (AvgIpc) is 2.80. The molecule has 8 heteroatoms. The normalized spacial score (nSPS) is 19.9. The van der Waals surface area contributed by atoms with Gasteiger partial charge >= 0.3 is 5.97 Å². The molecule has 1 atom stereocenters. The fraction of sp³-hybridized carbons (Fsp3) is 0.700. The number of carbonyl (C=O) groups is 1. The molecule has 1 unspecified atom stereocenters. The van der Waals surface area contributed by atoms with Crippen molar-refractivity contribution >= 4 is 17.7 Å². The second-order valence-corrected chi connectivity index (χ2v) is 4.64. The zero-order valence-corrected chi connectivity index (χ0v) is 10.9. The Kier molecular flexibility index (Phi) is 4.56. The monoisotopic (exact) mass is 273 g/mol. The molecule has 0 aliphatic carbocycles. The summed E-state index contributed by atoms with van der Waals surface area (Å²) in [6, 6.07) is 0. The van der Waals surface area contributed by atoms with Gasteiger partial charge in [-0.1, -0.05) is 11.8 Å². The molecule has 1 aromatic rings. The van der Waals surface area contributed by atoms with Crippen LogP contribution in [-0.4, -0.2) is 51.4 Å². The molecule has 2 heterocycles. The van der Waals surface area contributed by atoms with E-state index in [0.717, 1.165) is 11.8 Å². The minimum Gasteiger partial charge on any atom is -0.481 e. The minimum absolute atomic E-state index is 0.0276. The van der Waals surface area contributed by atoms with E-state index in [1.54, 1.807) is 0 Å². The molecule has 18 heavy (non-hydrogen) atoms. The molecule has 100 valence electrons. The Labute approximate surface area is 108 Å². The quantitative estimate of drug-likeness (QED) is 0.784. The molecule has 0 radical (unpaired) electrons. The van der Waals surface area contributed by atoms with Crippen molar-refractivity contribution in [1.29, 1.82) is 0 Å². The number of carboxylic acid groups (broad SMARTS) is 1. The zero-order chi connectivity index (χ0) is 13.0. The third-order valence-corrected chi connectivity index (χ3v) is 3.44. The molecule has 1 N–H and O–H groups in total. The van der Waals surface area contributed by atoms with Gasteiger partial charge in [0, 0.05) is 6.54 Å². The van der Waals surface area contributed by atoms with Crippen LogP contribution in [0, 0.1) is 0 Å². The first-order valence-corrected chi connectivity index (χ1v) is 6.68. The van der Waals surface area contributed by atoms with E-state index < -0.39 is 5.97 Å². The summed E-state index contributed by atoms with van der Waals surface area (Å²) in [6.07, 6.45) is -0.217. The Bertz CT molecular complexity index is 417. The first-order chi connectivity index (χ1) is 8.72. The van der Waals surface area contributed by atoms with Crippen LogP contribution in [0.1, 0.15) is 18.9 Å². The highest BCUT2D eigenvalue weighted by Gasteiger charge is 2.24. The average molecular weight is 273 g/mol. The van der Waals surface area contributed by atoms with E-state index in [1.807, 2.05) is 11.5 Å². The summed E-state index contributed by atoms with van der Waals surface area (Å²) in [5, 5.41) is 17.4. The van der Waals surface area contributed by atoms with Gasteiger partial charge in [-0.3, -0.25) is 4.79 Å². The van der Waals surface area contributed by atoms with E-state index in [4.69, 9.17) is 14.6 Å². The van der Waals surface area contributed by atoms with Gasteiger partial charge in [-0.25, -0.2) is 0 Å². The molecule has 0 spiro atoms. The number of aliphatic carboxylic acids is 1. The lowest BCUT2D eigenvalue weighted by Gasteiger charge is -2.22. The molecule has 0 amide bonds. The number of thioether (sulfide) groups is 1. The van der Waals surface area contributed by atoms with Gasteiger partial charge in [0.15, 0.2) is 11.0 Å². The predicted molar refractivity (Wildman–Crippen MR) is 63.6 cm³/mol. The van der Waals surface area contributed by atoms with Crippen molar-refractivity contribution in [3.8, 4) is 0 Å². The van der Waals surface area contributed by atoms with Gasteiger partial charge in [-0.15, -0.1) is 10.2 Å². The highest BCUT2D eigenvalue weighted by molar-refractivity contribution is 7.99. The highest BCUT2D eigenvalue weighted by atomic mass is 32.2. The van der Waals surface area contributed by atoms with Gasteiger partial charge < -0.3 is 19.1 Å². The maximum atomic E-state index is 10.6. The summed E-state index contributed by atoms with van der Waals surface area (Å²) in [5.74, 6) is -0.199. The van der Waals surface area contributed by atoms with E-state index in [-0.39, 0.29) is 11.9 Å². The van der Waals surface area contributed by atoms with E-state index in [0.29, 0.717) is 37.3 Å². The molecule has 1 fully saturated rings. The second kappa shape index (κ2) is 6.17. The maximum Gasteiger partial charge on any atom is 0.313 e. The minimum atomic E-state index is -0.871. The second-order valence-electron chi connectivity index (χ2n) is 3.70. The number of ether oxygens (including phenoxy) is 2. The van der Waals surface area contributed by atoms with Crippen molar-refractivity contribution in [3.05, 3.63) is 5.82 Å². The summed E-state index contributed by atoms with van der Waals surface area (Å²) in [4.78, 5) is 10.6. The van der Waals surface area contributed by atoms with Crippen molar-refractivity contribution in [2.75, 3.05) is 25.6 Å². The first-order valence-electron chi connectivity index (χ1n) is 5.69. The van der Waals surface area contributed by atoms with Crippen LogP contribution < -0.4 is 0 Å². The van der Waals surface area contributed by atoms with Crippen molar-refractivity contribution in [1.82, 2.24) is 14.8 Å². The van der Waals surface area contributed by atoms with Crippen molar-refractivity contribution in [3.63, 3.8) is 0 Å². The Morgan fingerprint density at radius 1 is 1.56 bits per heavy atom. The summed E-state index contributed by atoms with van der Waals surface area (Å²) in [6.45, 7) is 4.23. The van der Waals surface area contributed by atoms with Crippen LogP contribution in [-0.2, 0) is 20.8 Å². The van der Waals surface area contributed by atoms with Gasteiger partial charge in [-0.2, -0.15) is 0 Å². The molecule has 0 aromatic carbocycles. The smallest absolute Gasteiger partial charge is 0.313 e. The Morgan fingerprint density at radius 2 is 2.39 bits per heavy atom. The van der Waals surface area contributed by atoms with Crippen molar-refractivity contribution in [2.24, 2.45) is 0 Å². The fourth-order valence-electron chi connectivity index (χ4n) is 1.71. The van der Waals surface area contributed by atoms with Gasteiger partial charge in [0.25, 0.3) is 0 Å². The van der Waals surface area contributed by atoms with Crippen LogP contribution in [0.2, 0.25) is 0 Å². The Balaban J connectivity index is 2.12.